The molecule has 0 atom stereocenters. The minimum Gasteiger partial charge on any atom is -0.323 e. The molecule has 0 aromatic carbocycles. The second-order valence-electron chi connectivity index (χ2n) is 8.75. The third-order valence-electron chi connectivity index (χ3n) is 6.92. The number of hydrazone groups is 2. The zero-order chi connectivity index (χ0) is 18.8. The second kappa shape index (κ2) is 11.6. The lowest BCUT2D eigenvalue weighted by Crippen LogP contribution is -2.36. The highest BCUT2D eigenvalue weighted by Gasteiger charge is 2.32. The summed E-state index contributed by atoms with van der Waals surface area (Å²) in [6, 6.07) is 0. The summed E-state index contributed by atoms with van der Waals surface area (Å²) < 4.78 is 0. The molecule has 0 aromatic heterocycles. The highest BCUT2D eigenvalue weighted by molar-refractivity contribution is 6.43. The van der Waals surface area contributed by atoms with Crippen LogP contribution in [0.2, 0.25) is 0 Å². The van der Waals surface area contributed by atoms with Gasteiger partial charge in [-0.2, -0.15) is 10.2 Å². The van der Waals surface area contributed by atoms with E-state index in [-0.39, 0.29) is 0 Å². The minimum atomic E-state index is 0.470. The summed E-state index contributed by atoms with van der Waals surface area (Å²) in [5.41, 5.74) is 2.05. The topological polar surface area (TPSA) is 76.8 Å². The predicted octanol–water partition coefficient (Wildman–Crippen LogP) is 5.61. The SMILES string of the molecule is CCCCC[C@H]1CC[C@H](C(=NN)C(=NN)[C@H]2CC[C@H](CCC)CC2)CC1. The van der Waals surface area contributed by atoms with Crippen LogP contribution in [0.1, 0.15) is 104 Å². The average Bonchev–Trinajstić information content (AvgIpc) is 2.68. The van der Waals surface area contributed by atoms with Gasteiger partial charge in [-0.3, -0.25) is 0 Å². The third kappa shape index (κ3) is 5.99. The summed E-state index contributed by atoms with van der Waals surface area (Å²) >= 11 is 0. The number of nitrogens with zero attached hydrogens (tertiary/aromatic N) is 2. The van der Waals surface area contributed by atoms with E-state index in [0.29, 0.717) is 11.8 Å². The fourth-order valence-electron chi connectivity index (χ4n) is 5.30. The van der Waals surface area contributed by atoms with Crippen molar-refractivity contribution in [3.05, 3.63) is 0 Å². The number of nitrogens with two attached hydrogens (primary N) is 2. The van der Waals surface area contributed by atoms with Crippen molar-refractivity contribution in [2.75, 3.05) is 0 Å². The first-order valence-electron chi connectivity index (χ1n) is 11.3. The molecule has 0 saturated heterocycles. The van der Waals surface area contributed by atoms with E-state index in [1.54, 1.807) is 0 Å². The van der Waals surface area contributed by atoms with E-state index in [0.717, 1.165) is 23.3 Å². The second-order valence-corrected chi connectivity index (χ2v) is 8.75. The van der Waals surface area contributed by atoms with Gasteiger partial charge in [0.25, 0.3) is 0 Å². The normalized spacial score (nSPS) is 31.2. The Labute approximate surface area is 161 Å². The monoisotopic (exact) mass is 362 g/mol. The molecule has 0 amide bonds. The Kier molecular flexibility index (Phi) is 9.49. The summed E-state index contributed by atoms with van der Waals surface area (Å²) in [5.74, 6) is 14.4. The van der Waals surface area contributed by atoms with E-state index in [2.05, 4.69) is 24.1 Å². The van der Waals surface area contributed by atoms with Crippen LogP contribution in [0.4, 0.5) is 0 Å². The Morgan fingerprint density at radius 3 is 1.50 bits per heavy atom. The van der Waals surface area contributed by atoms with Crippen molar-refractivity contribution in [1.29, 1.82) is 0 Å². The van der Waals surface area contributed by atoms with Crippen LogP contribution in [0.5, 0.6) is 0 Å². The van der Waals surface area contributed by atoms with Crippen LogP contribution in [0.25, 0.3) is 0 Å². The molecule has 2 aliphatic rings. The van der Waals surface area contributed by atoms with Gasteiger partial charge in [0.05, 0.1) is 11.4 Å². The largest absolute Gasteiger partial charge is 0.323 e. The summed E-state index contributed by atoms with van der Waals surface area (Å²) in [5, 5.41) is 8.43. The first kappa shape index (κ1) is 21.2. The van der Waals surface area contributed by atoms with E-state index < -0.39 is 0 Å². The van der Waals surface area contributed by atoms with Gasteiger partial charge in [0.2, 0.25) is 0 Å². The summed E-state index contributed by atoms with van der Waals surface area (Å²) in [4.78, 5) is 0. The van der Waals surface area contributed by atoms with Crippen molar-refractivity contribution >= 4 is 11.4 Å². The molecule has 0 bridgehead atoms. The first-order chi connectivity index (χ1) is 12.7. The molecule has 150 valence electrons. The number of rotatable bonds is 9. The number of hydrogen-bond donors (Lipinski definition) is 2. The molecule has 0 heterocycles. The van der Waals surface area contributed by atoms with Gasteiger partial charge in [-0.15, -0.1) is 0 Å². The fraction of sp³-hybridized carbons (Fsp3) is 0.909. The molecular formula is C22H42N4. The molecule has 26 heavy (non-hydrogen) atoms. The molecule has 0 spiro atoms. The van der Waals surface area contributed by atoms with Gasteiger partial charge in [-0.25, -0.2) is 0 Å². The lowest BCUT2D eigenvalue weighted by atomic mass is 9.72. The molecule has 0 aromatic rings. The zero-order valence-electron chi connectivity index (χ0n) is 17.3. The van der Waals surface area contributed by atoms with Crippen LogP contribution in [-0.2, 0) is 0 Å². The number of hydrogen-bond acceptors (Lipinski definition) is 4. The molecule has 2 rings (SSSR count). The van der Waals surface area contributed by atoms with Gasteiger partial charge in [-0.1, -0.05) is 52.4 Å². The molecule has 4 heteroatoms. The lowest BCUT2D eigenvalue weighted by molar-refractivity contribution is 0.296. The van der Waals surface area contributed by atoms with Gasteiger partial charge < -0.3 is 11.7 Å². The molecule has 2 saturated carbocycles. The Morgan fingerprint density at radius 2 is 1.12 bits per heavy atom. The van der Waals surface area contributed by atoms with Crippen LogP contribution in [0.3, 0.4) is 0 Å². The van der Waals surface area contributed by atoms with E-state index in [9.17, 15) is 0 Å². The zero-order valence-corrected chi connectivity index (χ0v) is 17.3. The van der Waals surface area contributed by atoms with Gasteiger partial charge in [-0.05, 0) is 63.2 Å². The Bertz CT molecular complexity index is 441. The predicted molar refractivity (Wildman–Crippen MR) is 113 cm³/mol. The van der Waals surface area contributed by atoms with Crippen LogP contribution in [0.15, 0.2) is 10.2 Å². The molecule has 0 unspecified atom stereocenters. The lowest BCUT2D eigenvalue weighted by Gasteiger charge is -2.33. The molecule has 2 fully saturated rings. The quantitative estimate of drug-likeness (QED) is 0.242. The van der Waals surface area contributed by atoms with Gasteiger partial charge in [0.15, 0.2) is 0 Å². The van der Waals surface area contributed by atoms with Gasteiger partial charge >= 0.3 is 0 Å². The van der Waals surface area contributed by atoms with Crippen molar-refractivity contribution in [2.45, 2.75) is 104 Å². The van der Waals surface area contributed by atoms with E-state index in [1.807, 2.05) is 0 Å². The number of unbranched alkanes of at least 4 members (excludes halogenated alkanes) is 2. The van der Waals surface area contributed by atoms with Crippen molar-refractivity contribution < 1.29 is 0 Å². The molecule has 4 N–H and O–H groups in total. The summed E-state index contributed by atoms with van der Waals surface area (Å²) in [6.07, 6.45) is 18.2. The fourth-order valence-corrected chi connectivity index (χ4v) is 5.30. The highest BCUT2D eigenvalue weighted by atomic mass is 15.2. The Morgan fingerprint density at radius 1 is 0.654 bits per heavy atom. The van der Waals surface area contributed by atoms with E-state index in [4.69, 9.17) is 11.7 Å². The average molecular weight is 363 g/mol. The maximum atomic E-state index is 5.85. The maximum Gasteiger partial charge on any atom is 0.0866 e. The smallest absolute Gasteiger partial charge is 0.0866 e. The molecule has 4 nitrogen and oxygen atoms in total. The first-order valence-corrected chi connectivity index (χ1v) is 11.3. The summed E-state index contributed by atoms with van der Waals surface area (Å²) in [6.45, 7) is 4.57. The molecule has 2 aliphatic carbocycles. The van der Waals surface area contributed by atoms with Gasteiger partial charge in [0, 0.05) is 11.8 Å². The summed E-state index contributed by atoms with van der Waals surface area (Å²) in [7, 11) is 0. The van der Waals surface area contributed by atoms with Gasteiger partial charge in [0.1, 0.15) is 0 Å². The van der Waals surface area contributed by atoms with E-state index in [1.165, 1.54) is 89.9 Å². The van der Waals surface area contributed by atoms with Crippen LogP contribution in [-0.4, -0.2) is 11.4 Å². The highest BCUT2D eigenvalue weighted by Crippen LogP contribution is 2.36. The third-order valence-corrected chi connectivity index (χ3v) is 6.92. The van der Waals surface area contributed by atoms with Crippen LogP contribution < -0.4 is 11.7 Å². The molecule has 0 radical (unpaired) electrons. The van der Waals surface area contributed by atoms with Crippen molar-refractivity contribution in [1.82, 2.24) is 0 Å². The maximum absolute atomic E-state index is 5.85. The molecular weight excluding hydrogens is 320 g/mol. The van der Waals surface area contributed by atoms with Crippen molar-refractivity contribution in [3.8, 4) is 0 Å². The van der Waals surface area contributed by atoms with E-state index >= 15 is 0 Å². The van der Waals surface area contributed by atoms with Crippen molar-refractivity contribution in [3.63, 3.8) is 0 Å². The van der Waals surface area contributed by atoms with Crippen LogP contribution in [0, 0.1) is 23.7 Å². The van der Waals surface area contributed by atoms with Crippen molar-refractivity contribution in [2.24, 2.45) is 45.6 Å². The minimum absolute atomic E-state index is 0.470. The molecule has 0 aliphatic heterocycles. The van der Waals surface area contributed by atoms with Crippen LogP contribution >= 0.6 is 0 Å². The Balaban J connectivity index is 1.87. The Hall–Kier alpha value is -1.06. The standard InChI is InChI=1S/C22H42N4/c1-3-5-6-8-18-11-15-20(16-12-18)22(26-24)21(25-23)19-13-9-17(7-4-2)10-14-19/h17-20H,3-16,23-24H2,1-2H3/t17-,18-,19-,20-.